The SMILES string of the molecule is CCCCCCCCCCCCCCCC(=O)OC[C@H](COP(=O)(O)OCC[N+](C)(C)C)OC=O. The molecular weight excluding hydrogens is 473 g/mol. The van der Waals surface area contributed by atoms with E-state index in [0.29, 0.717) is 17.4 Å². The number of phosphoric ester groups is 1. The average Bonchev–Trinajstić information content (AvgIpc) is 2.77. The van der Waals surface area contributed by atoms with Crippen molar-refractivity contribution < 1.29 is 42.1 Å². The summed E-state index contributed by atoms with van der Waals surface area (Å²) in [6.07, 6.45) is 15.3. The lowest BCUT2D eigenvalue weighted by Crippen LogP contribution is -2.37. The van der Waals surface area contributed by atoms with Gasteiger partial charge in [-0.05, 0) is 6.42 Å². The van der Waals surface area contributed by atoms with Crippen LogP contribution in [-0.4, -0.2) is 75.4 Å². The molecule has 0 aliphatic rings. The van der Waals surface area contributed by atoms with Crippen LogP contribution in [-0.2, 0) is 32.7 Å². The van der Waals surface area contributed by atoms with Crippen molar-refractivity contribution in [1.29, 1.82) is 0 Å². The predicted octanol–water partition coefficient (Wildman–Crippen LogP) is 5.39. The Bertz CT molecular complexity index is 582. The molecule has 0 heterocycles. The van der Waals surface area contributed by atoms with Crippen LogP contribution in [0.2, 0.25) is 0 Å². The van der Waals surface area contributed by atoms with Crippen LogP contribution in [0.5, 0.6) is 0 Å². The lowest BCUT2D eigenvalue weighted by Gasteiger charge is -2.24. The van der Waals surface area contributed by atoms with Crippen LogP contribution in [0.3, 0.4) is 0 Å². The van der Waals surface area contributed by atoms with Crippen molar-refractivity contribution in [1.82, 2.24) is 0 Å². The van der Waals surface area contributed by atoms with Crippen LogP contribution in [0, 0.1) is 0 Å². The molecule has 0 radical (unpaired) electrons. The average molecular weight is 525 g/mol. The number of carbonyl (C=O) groups is 2. The topological polar surface area (TPSA) is 108 Å². The molecular formula is C25H51NO8P+. The zero-order chi connectivity index (χ0) is 26.4. The Hall–Kier alpha value is -0.990. The van der Waals surface area contributed by atoms with E-state index in [1.165, 1.54) is 64.2 Å². The minimum atomic E-state index is -4.29. The molecule has 10 heteroatoms. The van der Waals surface area contributed by atoms with Gasteiger partial charge < -0.3 is 18.9 Å². The summed E-state index contributed by atoms with van der Waals surface area (Å²) in [5.74, 6) is -0.390. The third-order valence-corrected chi connectivity index (χ3v) is 6.59. The summed E-state index contributed by atoms with van der Waals surface area (Å²) in [5, 5.41) is 0. The molecule has 0 bridgehead atoms. The van der Waals surface area contributed by atoms with Crippen LogP contribution in [0.4, 0.5) is 0 Å². The van der Waals surface area contributed by atoms with E-state index >= 15 is 0 Å². The molecule has 1 N–H and O–H groups in total. The van der Waals surface area contributed by atoms with Crippen LogP contribution in [0.1, 0.15) is 96.8 Å². The van der Waals surface area contributed by atoms with Gasteiger partial charge in [-0.3, -0.25) is 18.6 Å². The van der Waals surface area contributed by atoms with E-state index in [4.69, 9.17) is 18.5 Å². The van der Waals surface area contributed by atoms with Gasteiger partial charge in [-0.2, -0.15) is 0 Å². The molecule has 0 aliphatic carbocycles. The highest BCUT2D eigenvalue weighted by atomic mass is 31.2. The van der Waals surface area contributed by atoms with Gasteiger partial charge in [-0.15, -0.1) is 0 Å². The standard InChI is InChI=1S/C25H50NO8P/c1-5-6-7-8-9-10-11-12-13-14-15-16-17-18-25(28)31-21-24(32-23-27)22-34-35(29,30)33-20-19-26(2,3)4/h23-24H,5-22H2,1-4H3/p+1/t24-/m1/s1. The zero-order valence-corrected chi connectivity index (χ0v) is 23.5. The molecule has 0 spiro atoms. The first kappa shape index (κ1) is 34.0. The lowest BCUT2D eigenvalue weighted by molar-refractivity contribution is -0.870. The summed E-state index contributed by atoms with van der Waals surface area (Å²) < 4.78 is 32.2. The number of quaternary nitrogens is 1. The van der Waals surface area contributed by atoms with Crippen LogP contribution in [0.15, 0.2) is 0 Å². The Balaban J connectivity index is 3.83. The van der Waals surface area contributed by atoms with Gasteiger partial charge in [0.25, 0.3) is 6.47 Å². The minimum absolute atomic E-state index is 0.0323. The number of likely N-dealkylation sites (N-methyl/N-ethyl adjacent to an activating group) is 1. The van der Waals surface area contributed by atoms with Crippen LogP contribution in [0.25, 0.3) is 0 Å². The highest BCUT2D eigenvalue weighted by Gasteiger charge is 2.25. The molecule has 35 heavy (non-hydrogen) atoms. The first-order valence-electron chi connectivity index (χ1n) is 13.3. The van der Waals surface area contributed by atoms with Crippen LogP contribution < -0.4 is 0 Å². The van der Waals surface area contributed by atoms with Gasteiger partial charge in [0.1, 0.15) is 19.8 Å². The molecule has 0 aliphatic heterocycles. The van der Waals surface area contributed by atoms with E-state index in [-0.39, 0.29) is 25.7 Å². The minimum Gasteiger partial charge on any atom is -0.462 e. The fourth-order valence-electron chi connectivity index (χ4n) is 3.40. The number of hydrogen-bond donors (Lipinski definition) is 1. The van der Waals surface area contributed by atoms with Crippen molar-refractivity contribution in [2.24, 2.45) is 0 Å². The first-order valence-corrected chi connectivity index (χ1v) is 14.8. The summed E-state index contributed by atoms with van der Waals surface area (Å²) in [6.45, 7) is 2.32. The third kappa shape index (κ3) is 24.5. The van der Waals surface area contributed by atoms with Crippen molar-refractivity contribution >= 4 is 20.3 Å². The Kier molecular flexibility index (Phi) is 20.5. The molecule has 0 aromatic carbocycles. The molecule has 0 amide bonds. The molecule has 0 fully saturated rings. The predicted molar refractivity (Wildman–Crippen MR) is 137 cm³/mol. The summed E-state index contributed by atoms with van der Waals surface area (Å²) in [4.78, 5) is 32.4. The summed E-state index contributed by atoms with van der Waals surface area (Å²) in [6, 6.07) is 0. The summed E-state index contributed by atoms with van der Waals surface area (Å²) >= 11 is 0. The normalized spacial score (nSPS) is 14.3. The molecule has 0 aromatic rings. The van der Waals surface area contributed by atoms with Crippen molar-refractivity contribution in [3.63, 3.8) is 0 Å². The van der Waals surface area contributed by atoms with Gasteiger partial charge in [0.05, 0.1) is 27.7 Å². The highest BCUT2D eigenvalue weighted by Crippen LogP contribution is 2.43. The zero-order valence-electron chi connectivity index (χ0n) is 22.6. The van der Waals surface area contributed by atoms with Gasteiger partial charge in [0.2, 0.25) is 0 Å². The molecule has 1 unspecified atom stereocenters. The molecule has 9 nitrogen and oxygen atoms in total. The number of carbonyl (C=O) groups excluding carboxylic acids is 2. The fraction of sp³-hybridized carbons (Fsp3) is 0.920. The number of nitrogens with zero attached hydrogens (tertiary/aromatic N) is 1. The van der Waals surface area contributed by atoms with Crippen molar-refractivity contribution in [2.45, 2.75) is 103 Å². The van der Waals surface area contributed by atoms with E-state index in [1.54, 1.807) is 0 Å². The maximum atomic E-state index is 12.0. The second-order valence-corrected chi connectivity index (χ2v) is 11.6. The molecule has 2 atom stereocenters. The Morgan fingerprint density at radius 3 is 1.86 bits per heavy atom. The smallest absolute Gasteiger partial charge is 0.462 e. The number of esters is 1. The van der Waals surface area contributed by atoms with Gasteiger partial charge in [0.15, 0.2) is 6.10 Å². The Morgan fingerprint density at radius 2 is 1.37 bits per heavy atom. The Morgan fingerprint density at radius 1 is 0.857 bits per heavy atom. The number of unbranched alkanes of at least 4 members (excludes halogenated alkanes) is 12. The van der Waals surface area contributed by atoms with Gasteiger partial charge in [-0.1, -0.05) is 84.0 Å². The van der Waals surface area contributed by atoms with E-state index in [0.717, 1.165) is 19.3 Å². The van der Waals surface area contributed by atoms with Gasteiger partial charge in [0, 0.05) is 6.42 Å². The summed E-state index contributed by atoms with van der Waals surface area (Å²) in [7, 11) is 1.48. The van der Waals surface area contributed by atoms with E-state index < -0.39 is 20.5 Å². The third-order valence-electron chi connectivity index (χ3n) is 5.60. The lowest BCUT2D eigenvalue weighted by atomic mass is 10.0. The quantitative estimate of drug-likeness (QED) is 0.0557. The molecule has 0 aromatic heterocycles. The second-order valence-electron chi connectivity index (χ2n) is 10.1. The molecule has 208 valence electrons. The fourth-order valence-corrected chi connectivity index (χ4v) is 4.14. The second kappa shape index (κ2) is 21.1. The summed E-state index contributed by atoms with van der Waals surface area (Å²) in [5.41, 5.74) is 0. The number of rotatable bonds is 25. The maximum absolute atomic E-state index is 12.0. The number of hydrogen-bond acceptors (Lipinski definition) is 7. The monoisotopic (exact) mass is 524 g/mol. The van der Waals surface area contributed by atoms with E-state index in [1.807, 2.05) is 21.1 Å². The number of phosphoric acid groups is 1. The highest BCUT2D eigenvalue weighted by molar-refractivity contribution is 7.47. The molecule has 0 saturated heterocycles. The van der Waals surface area contributed by atoms with Crippen molar-refractivity contribution in [2.75, 3.05) is 47.5 Å². The van der Waals surface area contributed by atoms with Gasteiger partial charge in [-0.25, -0.2) is 4.57 Å². The van der Waals surface area contributed by atoms with Crippen molar-refractivity contribution in [3.8, 4) is 0 Å². The van der Waals surface area contributed by atoms with E-state index in [9.17, 15) is 19.0 Å². The molecule has 0 rings (SSSR count). The van der Waals surface area contributed by atoms with Crippen molar-refractivity contribution in [3.05, 3.63) is 0 Å². The van der Waals surface area contributed by atoms with Crippen LogP contribution >= 0.6 is 7.82 Å². The molecule has 0 saturated carbocycles. The first-order chi connectivity index (χ1) is 16.6. The number of ether oxygens (including phenoxy) is 2. The van der Waals surface area contributed by atoms with Gasteiger partial charge >= 0.3 is 13.8 Å². The Labute approximate surface area is 213 Å². The maximum Gasteiger partial charge on any atom is 0.472 e. The van der Waals surface area contributed by atoms with E-state index in [2.05, 4.69) is 6.92 Å². The largest absolute Gasteiger partial charge is 0.472 e.